The van der Waals surface area contributed by atoms with Gasteiger partial charge in [-0.1, -0.05) is 6.42 Å². The largest absolute Gasteiger partial charge is 0.357 e. The molecule has 3 rings (SSSR count). The number of guanidine groups is 1. The quantitative estimate of drug-likeness (QED) is 0.593. The van der Waals surface area contributed by atoms with Crippen molar-refractivity contribution in [3.63, 3.8) is 0 Å². The maximum absolute atomic E-state index is 11.6. The molecule has 0 radical (unpaired) electrons. The van der Waals surface area contributed by atoms with Crippen molar-refractivity contribution >= 4 is 15.8 Å². The normalized spacial score (nSPS) is 30.7. The highest BCUT2D eigenvalue weighted by Gasteiger charge is 2.48. The average molecular weight is 313 g/mol. The monoisotopic (exact) mass is 313 g/mol. The molecule has 6 heteroatoms. The van der Waals surface area contributed by atoms with Crippen molar-refractivity contribution < 1.29 is 8.42 Å². The van der Waals surface area contributed by atoms with Crippen molar-refractivity contribution in [1.82, 2.24) is 10.6 Å². The lowest BCUT2D eigenvalue weighted by atomic mass is 9.65. The molecule has 0 aromatic rings. The van der Waals surface area contributed by atoms with Crippen LogP contribution in [0.15, 0.2) is 4.99 Å². The third-order valence-electron chi connectivity index (χ3n) is 5.26. The molecule has 1 saturated heterocycles. The lowest BCUT2D eigenvalue weighted by molar-refractivity contribution is 0.113. The highest BCUT2D eigenvalue weighted by atomic mass is 32.2. The zero-order valence-electron chi connectivity index (χ0n) is 12.9. The molecule has 0 spiro atoms. The van der Waals surface area contributed by atoms with Gasteiger partial charge in [0.1, 0.15) is 0 Å². The molecule has 2 aliphatic carbocycles. The Bertz CT molecular complexity index is 507. The number of nitrogens with one attached hydrogen (secondary N) is 2. The van der Waals surface area contributed by atoms with Gasteiger partial charge >= 0.3 is 0 Å². The second kappa shape index (κ2) is 5.78. The molecule has 0 amide bonds. The predicted molar refractivity (Wildman–Crippen MR) is 85.2 cm³/mol. The standard InChI is InChI=1S/C15H27N3O2S/c1-2-16-14(18-13-6-9-21(19,20)10-13)17-11-15(7-3-8-15)12-4-5-12/h12-13H,2-11H2,1H3,(H2,16,17,18). The Hall–Kier alpha value is -0.780. The summed E-state index contributed by atoms with van der Waals surface area (Å²) in [6.45, 7) is 3.75. The highest BCUT2D eigenvalue weighted by Crippen LogP contribution is 2.57. The van der Waals surface area contributed by atoms with Gasteiger partial charge in [-0.15, -0.1) is 0 Å². The van der Waals surface area contributed by atoms with Crippen LogP contribution in [-0.4, -0.2) is 45.0 Å². The Labute approximate surface area is 127 Å². The fourth-order valence-corrected chi connectivity index (χ4v) is 5.35. The van der Waals surface area contributed by atoms with Crippen LogP contribution in [0, 0.1) is 11.3 Å². The molecule has 0 bridgehead atoms. The van der Waals surface area contributed by atoms with E-state index in [9.17, 15) is 8.42 Å². The Morgan fingerprint density at radius 2 is 2.05 bits per heavy atom. The van der Waals surface area contributed by atoms with Gasteiger partial charge < -0.3 is 10.6 Å². The van der Waals surface area contributed by atoms with Gasteiger partial charge in [0.25, 0.3) is 0 Å². The summed E-state index contributed by atoms with van der Waals surface area (Å²) in [5, 5.41) is 6.57. The van der Waals surface area contributed by atoms with Crippen LogP contribution in [0.1, 0.15) is 45.4 Å². The molecule has 5 nitrogen and oxygen atoms in total. The topological polar surface area (TPSA) is 70.6 Å². The zero-order chi connectivity index (χ0) is 14.9. The van der Waals surface area contributed by atoms with Gasteiger partial charge in [0, 0.05) is 19.1 Å². The smallest absolute Gasteiger partial charge is 0.191 e. The maximum Gasteiger partial charge on any atom is 0.191 e. The van der Waals surface area contributed by atoms with Crippen LogP contribution < -0.4 is 10.6 Å². The Morgan fingerprint density at radius 1 is 1.29 bits per heavy atom. The van der Waals surface area contributed by atoms with Crippen LogP contribution in [0.3, 0.4) is 0 Å². The van der Waals surface area contributed by atoms with Crippen LogP contribution in [0.4, 0.5) is 0 Å². The van der Waals surface area contributed by atoms with Gasteiger partial charge in [-0.05, 0) is 50.4 Å². The predicted octanol–water partition coefficient (Wildman–Crippen LogP) is 1.31. The van der Waals surface area contributed by atoms with Crippen molar-refractivity contribution in [3.05, 3.63) is 0 Å². The molecule has 1 unspecified atom stereocenters. The van der Waals surface area contributed by atoms with E-state index in [1.165, 1.54) is 32.1 Å². The van der Waals surface area contributed by atoms with Gasteiger partial charge in [-0.3, -0.25) is 4.99 Å². The van der Waals surface area contributed by atoms with Crippen LogP contribution in [0.5, 0.6) is 0 Å². The molecule has 2 saturated carbocycles. The summed E-state index contributed by atoms with van der Waals surface area (Å²) in [6.07, 6.45) is 7.43. The Morgan fingerprint density at radius 3 is 2.52 bits per heavy atom. The summed E-state index contributed by atoms with van der Waals surface area (Å²) in [7, 11) is -2.84. The zero-order valence-corrected chi connectivity index (χ0v) is 13.7. The summed E-state index contributed by atoms with van der Waals surface area (Å²) in [5.74, 6) is 2.23. The molecular weight excluding hydrogens is 286 g/mol. The van der Waals surface area contributed by atoms with Gasteiger partial charge in [0.05, 0.1) is 11.5 Å². The van der Waals surface area contributed by atoms with Gasteiger partial charge in [-0.25, -0.2) is 8.42 Å². The number of aliphatic imine (C=N–C) groups is 1. The van der Waals surface area contributed by atoms with E-state index in [2.05, 4.69) is 10.6 Å². The van der Waals surface area contributed by atoms with Gasteiger partial charge in [-0.2, -0.15) is 0 Å². The van der Waals surface area contributed by atoms with E-state index in [-0.39, 0.29) is 11.8 Å². The van der Waals surface area contributed by atoms with Crippen molar-refractivity contribution in [2.45, 2.75) is 51.5 Å². The first kappa shape index (κ1) is 15.1. The molecule has 21 heavy (non-hydrogen) atoms. The number of hydrogen-bond donors (Lipinski definition) is 2. The van der Waals surface area contributed by atoms with Crippen LogP contribution in [0.25, 0.3) is 0 Å². The maximum atomic E-state index is 11.6. The third kappa shape index (κ3) is 3.52. The number of hydrogen-bond acceptors (Lipinski definition) is 3. The summed E-state index contributed by atoms with van der Waals surface area (Å²) in [5.41, 5.74) is 0.462. The van der Waals surface area contributed by atoms with E-state index < -0.39 is 9.84 Å². The molecule has 0 aromatic carbocycles. The summed E-state index contributed by atoms with van der Waals surface area (Å²) < 4.78 is 23.1. The summed E-state index contributed by atoms with van der Waals surface area (Å²) >= 11 is 0. The van der Waals surface area contributed by atoms with Gasteiger partial charge in [0.15, 0.2) is 15.8 Å². The minimum Gasteiger partial charge on any atom is -0.357 e. The van der Waals surface area contributed by atoms with Crippen LogP contribution in [-0.2, 0) is 9.84 Å². The summed E-state index contributed by atoms with van der Waals surface area (Å²) in [4.78, 5) is 4.78. The second-order valence-corrected chi connectivity index (χ2v) is 9.16. The van der Waals surface area contributed by atoms with Crippen LogP contribution in [0.2, 0.25) is 0 Å². The van der Waals surface area contributed by atoms with E-state index in [4.69, 9.17) is 4.99 Å². The molecule has 3 fully saturated rings. The first-order valence-corrected chi connectivity index (χ1v) is 10.1. The van der Waals surface area contributed by atoms with Crippen molar-refractivity contribution in [2.75, 3.05) is 24.6 Å². The van der Waals surface area contributed by atoms with E-state index in [0.717, 1.165) is 25.0 Å². The van der Waals surface area contributed by atoms with Crippen molar-refractivity contribution in [2.24, 2.45) is 16.3 Å². The molecular formula is C15H27N3O2S. The number of nitrogens with zero attached hydrogens (tertiary/aromatic N) is 1. The van der Waals surface area contributed by atoms with E-state index in [1.807, 2.05) is 6.92 Å². The number of rotatable bonds is 5. The SMILES string of the molecule is CCNC(=NCC1(C2CC2)CCC1)NC1CCS(=O)(=O)C1. The first-order chi connectivity index (χ1) is 10.0. The Kier molecular flexibility index (Phi) is 4.17. The van der Waals surface area contributed by atoms with Gasteiger partial charge in [0.2, 0.25) is 0 Å². The fourth-order valence-electron chi connectivity index (χ4n) is 3.68. The van der Waals surface area contributed by atoms with E-state index in [0.29, 0.717) is 17.6 Å². The molecule has 0 aromatic heterocycles. The second-order valence-electron chi connectivity index (χ2n) is 6.93. The molecule has 1 heterocycles. The average Bonchev–Trinajstić information content (AvgIpc) is 3.14. The number of sulfone groups is 1. The molecule has 120 valence electrons. The van der Waals surface area contributed by atoms with Crippen LogP contribution >= 0.6 is 0 Å². The lowest BCUT2D eigenvalue weighted by Gasteiger charge is -2.41. The van der Waals surface area contributed by atoms with E-state index >= 15 is 0 Å². The van der Waals surface area contributed by atoms with Crippen molar-refractivity contribution in [3.8, 4) is 0 Å². The molecule has 2 N–H and O–H groups in total. The van der Waals surface area contributed by atoms with Crippen molar-refractivity contribution in [1.29, 1.82) is 0 Å². The Balaban J connectivity index is 1.59. The fraction of sp³-hybridized carbons (Fsp3) is 0.933. The lowest BCUT2D eigenvalue weighted by Crippen LogP contribution is -2.45. The summed E-state index contributed by atoms with van der Waals surface area (Å²) in [6, 6.07) is 0.0195. The highest BCUT2D eigenvalue weighted by molar-refractivity contribution is 7.91. The van der Waals surface area contributed by atoms with E-state index in [1.54, 1.807) is 0 Å². The minimum atomic E-state index is -2.84. The minimum absolute atomic E-state index is 0.0195. The molecule has 1 aliphatic heterocycles. The third-order valence-corrected chi connectivity index (χ3v) is 7.03. The molecule has 3 aliphatic rings. The molecule has 1 atom stereocenters. The first-order valence-electron chi connectivity index (χ1n) is 8.28.